The minimum Gasteiger partial charge on any atom is -0.495 e. The molecule has 2 aromatic heterocycles. The number of methoxy groups -OCH3 is 1. The third-order valence-corrected chi connectivity index (χ3v) is 6.62. The second-order valence-corrected chi connectivity index (χ2v) is 8.62. The van der Waals surface area contributed by atoms with E-state index in [-0.39, 0.29) is 0 Å². The zero-order chi connectivity index (χ0) is 22.2. The summed E-state index contributed by atoms with van der Waals surface area (Å²) in [6.45, 7) is 2.24. The summed E-state index contributed by atoms with van der Waals surface area (Å²) >= 11 is 0. The van der Waals surface area contributed by atoms with Crippen molar-refractivity contribution in [1.29, 1.82) is 0 Å². The number of likely N-dealkylation sites (tertiary alicyclic amines) is 1. The molecule has 1 amide bonds. The lowest BCUT2D eigenvalue weighted by atomic mass is 9.89. The number of anilines is 2. The van der Waals surface area contributed by atoms with E-state index in [1.54, 1.807) is 13.2 Å². The number of nitrogens with two attached hydrogens (primary N) is 1. The monoisotopic (exact) mass is 432 g/mol. The first-order valence-electron chi connectivity index (χ1n) is 11.0. The number of fused-ring (bicyclic) bond motifs is 3. The number of hydrogen-bond acceptors (Lipinski definition) is 6. The second kappa shape index (κ2) is 8.27. The Morgan fingerprint density at radius 2 is 2.03 bits per heavy atom. The highest BCUT2D eigenvalue weighted by Crippen LogP contribution is 2.35. The largest absolute Gasteiger partial charge is 0.495 e. The number of aromatic nitrogens is 3. The molecule has 166 valence electrons. The number of primary amides is 1. The molecule has 32 heavy (non-hydrogen) atoms. The number of nitrogens with one attached hydrogen (secondary N) is 1. The zero-order valence-electron chi connectivity index (χ0n) is 18.5. The van der Waals surface area contributed by atoms with Crippen LogP contribution in [0.15, 0.2) is 36.7 Å². The van der Waals surface area contributed by atoms with Crippen molar-refractivity contribution in [3.05, 3.63) is 59.0 Å². The molecule has 3 aromatic rings. The number of nitrogens with zero attached hydrogens (tertiary/aromatic N) is 4. The van der Waals surface area contributed by atoms with Crippen LogP contribution in [0.1, 0.15) is 45.9 Å². The van der Waals surface area contributed by atoms with Crippen LogP contribution in [0.4, 0.5) is 11.6 Å². The first kappa shape index (κ1) is 20.5. The summed E-state index contributed by atoms with van der Waals surface area (Å²) in [5, 5.41) is 3.31. The molecule has 5 rings (SSSR count). The number of hydrogen-bond donors (Lipinski definition) is 2. The normalized spacial score (nSPS) is 16.3. The van der Waals surface area contributed by atoms with Crippen molar-refractivity contribution in [2.24, 2.45) is 5.73 Å². The van der Waals surface area contributed by atoms with E-state index in [0.717, 1.165) is 67.3 Å². The van der Waals surface area contributed by atoms with Gasteiger partial charge in [0.05, 0.1) is 18.4 Å². The Hall–Kier alpha value is -3.39. The molecular weight excluding hydrogens is 404 g/mol. The highest BCUT2D eigenvalue weighted by Gasteiger charge is 2.23. The Labute approximate surface area is 187 Å². The van der Waals surface area contributed by atoms with Crippen LogP contribution in [-0.4, -0.2) is 52.6 Å². The highest BCUT2D eigenvalue weighted by molar-refractivity contribution is 5.94. The minimum atomic E-state index is -0.413. The number of piperidine rings is 1. The van der Waals surface area contributed by atoms with Crippen LogP contribution in [0.2, 0.25) is 0 Å². The van der Waals surface area contributed by atoms with Crippen LogP contribution in [0.5, 0.6) is 5.75 Å². The van der Waals surface area contributed by atoms with Gasteiger partial charge in [-0.3, -0.25) is 4.79 Å². The molecule has 4 heterocycles. The van der Waals surface area contributed by atoms with E-state index in [1.165, 1.54) is 5.56 Å². The van der Waals surface area contributed by atoms with Crippen LogP contribution in [0, 0.1) is 0 Å². The van der Waals surface area contributed by atoms with Gasteiger partial charge >= 0.3 is 0 Å². The molecule has 0 aliphatic carbocycles. The maximum Gasteiger partial charge on any atom is 0.250 e. The fraction of sp³-hybridized carbons (Fsp3) is 0.375. The third-order valence-electron chi connectivity index (χ3n) is 6.62. The van der Waals surface area contributed by atoms with E-state index in [2.05, 4.69) is 34.4 Å². The third kappa shape index (κ3) is 3.71. The van der Waals surface area contributed by atoms with Gasteiger partial charge in [0, 0.05) is 23.7 Å². The van der Waals surface area contributed by atoms with Crippen molar-refractivity contribution in [2.45, 2.75) is 31.6 Å². The second-order valence-electron chi connectivity index (χ2n) is 8.62. The zero-order valence-corrected chi connectivity index (χ0v) is 18.5. The van der Waals surface area contributed by atoms with Crippen LogP contribution in [0.3, 0.4) is 0 Å². The van der Waals surface area contributed by atoms with Gasteiger partial charge in [0.15, 0.2) is 0 Å². The van der Waals surface area contributed by atoms with E-state index in [4.69, 9.17) is 15.5 Å². The van der Waals surface area contributed by atoms with E-state index >= 15 is 0 Å². The standard InChI is InChI=1S/C24H28N6O2/c1-29-10-7-15(8-11-29)16-3-5-19(21(13-16)32-2)27-24-26-14-17-4-6-20-18(22(25)31)9-12-30(20)23(17)28-24/h3,5,9,12-15H,4,6-8,10-11H2,1-2H3,(H2,25,31)(H,26,27,28). The van der Waals surface area contributed by atoms with Crippen LogP contribution >= 0.6 is 0 Å². The van der Waals surface area contributed by atoms with Crippen molar-refractivity contribution in [3.8, 4) is 11.6 Å². The molecule has 8 nitrogen and oxygen atoms in total. The molecule has 0 radical (unpaired) electrons. The molecular formula is C24H28N6O2. The molecule has 1 fully saturated rings. The summed E-state index contributed by atoms with van der Waals surface area (Å²) in [6, 6.07) is 8.09. The van der Waals surface area contributed by atoms with Gasteiger partial charge in [-0.1, -0.05) is 6.07 Å². The number of benzene rings is 1. The summed E-state index contributed by atoms with van der Waals surface area (Å²) in [5.74, 6) is 2.18. The molecule has 0 unspecified atom stereocenters. The number of rotatable bonds is 5. The van der Waals surface area contributed by atoms with Gasteiger partial charge in [0.1, 0.15) is 11.6 Å². The maximum absolute atomic E-state index is 11.7. The number of carbonyl (C=O) groups excluding carboxylic acids is 1. The van der Waals surface area contributed by atoms with E-state index in [9.17, 15) is 4.79 Å². The van der Waals surface area contributed by atoms with Gasteiger partial charge in [0.2, 0.25) is 5.95 Å². The van der Waals surface area contributed by atoms with Crippen LogP contribution < -0.4 is 15.8 Å². The van der Waals surface area contributed by atoms with Gasteiger partial charge < -0.3 is 25.3 Å². The number of carbonyl (C=O) groups is 1. The predicted molar refractivity (Wildman–Crippen MR) is 123 cm³/mol. The van der Waals surface area contributed by atoms with Gasteiger partial charge in [-0.05, 0) is 75.5 Å². The number of ether oxygens (including phenoxy) is 1. The summed E-state index contributed by atoms with van der Waals surface area (Å²) < 4.78 is 7.62. The lowest BCUT2D eigenvalue weighted by Gasteiger charge is -2.29. The van der Waals surface area contributed by atoms with Gasteiger partial charge in [-0.2, -0.15) is 4.98 Å². The molecule has 2 aliphatic heterocycles. The topological polar surface area (TPSA) is 98.3 Å². The Bertz CT molecular complexity index is 1160. The van der Waals surface area contributed by atoms with E-state index in [1.807, 2.05) is 23.0 Å². The highest BCUT2D eigenvalue weighted by atomic mass is 16.5. The quantitative estimate of drug-likeness (QED) is 0.643. The minimum absolute atomic E-state index is 0.413. The molecule has 0 bridgehead atoms. The Balaban J connectivity index is 1.42. The van der Waals surface area contributed by atoms with Crippen molar-refractivity contribution in [3.63, 3.8) is 0 Å². The molecule has 0 saturated carbocycles. The molecule has 0 atom stereocenters. The molecule has 0 spiro atoms. The molecule has 3 N–H and O–H groups in total. The summed E-state index contributed by atoms with van der Waals surface area (Å²) in [7, 11) is 3.86. The SMILES string of the molecule is COc1cc(C2CCN(C)CC2)ccc1Nc1ncc2c(n1)-n1ccc(C(N)=O)c1CC2. The Kier molecular flexibility index (Phi) is 5.30. The average Bonchev–Trinajstić information content (AvgIpc) is 3.25. The maximum atomic E-state index is 11.7. The van der Waals surface area contributed by atoms with Gasteiger partial charge in [-0.25, -0.2) is 4.98 Å². The summed E-state index contributed by atoms with van der Waals surface area (Å²) in [4.78, 5) is 23.4. The predicted octanol–water partition coefficient (Wildman–Crippen LogP) is 3.03. The Morgan fingerprint density at radius 1 is 1.22 bits per heavy atom. The lowest BCUT2D eigenvalue weighted by molar-refractivity contribution is 0.0999. The van der Waals surface area contributed by atoms with Crippen molar-refractivity contribution in [1.82, 2.24) is 19.4 Å². The molecule has 8 heteroatoms. The summed E-state index contributed by atoms with van der Waals surface area (Å²) in [5.41, 5.74) is 10.1. The first-order valence-corrected chi connectivity index (χ1v) is 11.0. The smallest absolute Gasteiger partial charge is 0.250 e. The first-order chi connectivity index (χ1) is 15.5. The number of aryl methyl sites for hydroxylation is 1. The number of amides is 1. The fourth-order valence-electron chi connectivity index (χ4n) is 4.77. The van der Waals surface area contributed by atoms with Crippen LogP contribution in [-0.2, 0) is 12.8 Å². The fourth-order valence-corrected chi connectivity index (χ4v) is 4.77. The lowest BCUT2D eigenvalue weighted by Crippen LogP contribution is -2.29. The average molecular weight is 433 g/mol. The van der Waals surface area contributed by atoms with Crippen molar-refractivity contribution >= 4 is 17.5 Å². The van der Waals surface area contributed by atoms with Crippen molar-refractivity contribution < 1.29 is 9.53 Å². The van der Waals surface area contributed by atoms with Gasteiger partial charge in [0.25, 0.3) is 5.91 Å². The molecule has 2 aliphatic rings. The van der Waals surface area contributed by atoms with E-state index < -0.39 is 5.91 Å². The summed E-state index contributed by atoms with van der Waals surface area (Å²) in [6.07, 6.45) is 7.52. The van der Waals surface area contributed by atoms with Gasteiger partial charge in [-0.15, -0.1) is 0 Å². The molecule has 1 aromatic carbocycles. The Morgan fingerprint density at radius 3 is 2.78 bits per heavy atom. The molecule has 1 saturated heterocycles. The van der Waals surface area contributed by atoms with E-state index in [0.29, 0.717) is 17.4 Å². The van der Waals surface area contributed by atoms with Crippen LogP contribution in [0.25, 0.3) is 5.82 Å². The van der Waals surface area contributed by atoms with Crippen molar-refractivity contribution in [2.75, 3.05) is 32.6 Å².